The molecular formula is C13H15FN2. The highest BCUT2D eigenvalue weighted by Crippen LogP contribution is 2.22. The molecule has 1 aromatic heterocycles. The lowest BCUT2D eigenvalue weighted by Crippen LogP contribution is -1.99. The maximum Gasteiger partial charge on any atom is 0.128 e. The number of aryl methyl sites for hydroxylation is 2. The van der Waals surface area contributed by atoms with Gasteiger partial charge in [0.1, 0.15) is 11.6 Å². The third-order valence-corrected chi connectivity index (χ3v) is 2.73. The molecule has 0 aliphatic heterocycles. The molecule has 84 valence electrons. The van der Waals surface area contributed by atoms with Crippen LogP contribution in [0.5, 0.6) is 0 Å². The monoisotopic (exact) mass is 218 g/mol. The molecule has 0 fully saturated rings. The van der Waals surface area contributed by atoms with E-state index in [-0.39, 0.29) is 5.82 Å². The summed E-state index contributed by atoms with van der Waals surface area (Å²) in [5.41, 5.74) is 8.14. The van der Waals surface area contributed by atoms with Gasteiger partial charge in [-0.15, -0.1) is 0 Å². The highest BCUT2D eigenvalue weighted by atomic mass is 19.1. The van der Waals surface area contributed by atoms with Crippen LogP contribution in [0.25, 0.3) is 10.9 Å². The Hall–Kier alpha value is -1.64. The van der Waals surface area contributed by atoms with Gasteiger partial charge in [-0.2, -0.15) is 0 Å². The number of halogens is 1. The van der Waals surface area contributed by atoms with Crippen LogP contribution in [-0.2, 0) is 6.42 Å². The molecule has 16 heavy (non-hydrogen) atoms. The Morgan fingerprint density at radius 2 is 2.06 bits per heavy atom. The van der Waals surface area contributed by atoms with E-state index < -0.39 is 0 Å². The van der Waals surface area contributed by atoms with Crippen LogP contribution in [0.2, 0.25) is 0 Å². The third-order valence-electron chi connectivity index (χ3n) is 2.73. The molecule has 0 saturated heterocycles. The van der Waals surface area contributed by atoms with Gasteiger partial charge in [-0.25, -0.2) is 9.37 Å². The molecule has 0 radical (unpaired) electrons. The SMILES string of the molecule is CCCc1cc2cc(C)c(F)cc2nc1N. The van der Waals surface area contributed by atoms with Gasteiger partial charge in [0.2, 0.25) is 0 Å². The van der Waals surface area contributed by atoms with Crippen LogP contribution in [-0.4, -0.2) is 4.98 Å². The van der Waals surface area contributed by atoms with Crippen molar-refractivity contribution in [2.75, 3.05) is 5.73 Å². The largest absolute Gasteiger partial charge is 0.383 e. The molecule has 0 bridgehead atoms. The van der Waals surface area contributed by atoms with Crippen molar-refractivity contribution in [3.8, 4) is 0 Å². The van der Waals surface area contributed by atoms with Crippen molar-refractivity contribution in [2.24, 2.45) is 0 Å². The van der Waals surface area contributed by atoms with Gasteiger partial charge in [0.15, 0.2) is 0 Å². The summed E-state index contributed by atoms with van der Waals surface area (Å²) in [6.07, 6.45) is 1.93. The molecule has 1 aromatic carbocycles. The van der Waals surface area contributed by atoms with Crippen LogP contribution in [0.3, 0.4) is 0 Å². The standard InChI is InChI=1S/C13H15FN2/c1-3-4-9-6-10-5-8(2)11(14)7-12(10)16-13(9)15/h5-7H,3-4H2,1-2H3,(H2,15,16). The summed E-state index contributed by atoms with van der Waals surface area (Å²) in [4.78, 5) is 4.23. The Balaban J connectivity index is 2.65. The van der Waals surface area contributed by atoms with Gasteiger partial charge in [-0.3, -0.25) is 0 Å². The summed E-state index contributed by atoms with van der Waals surface area (Å²) in [7, 11) is 0. The molecule has 0 unspecified atom stereocenters. The van der Waals surface area contributed by atoms with Gasteiger partial charge in [-0.1, -0.05) is 13.3 Å². The lowest BCUT2D eigenvalue weighted by Gasteiger charge is -2.07. The van der Waals surface area contributed by atoms with Crippen molar-refractivity contribution in [1.29, 1.82) is 0 Å². The van der Waals surface area contributed by atoms with E-state index in [2.05, 4.69) is 11.9 Å². The normalized spacial score (nSPS) is 10.9. The van der Waals surface area contributed by atoms with E-state index in [1.807, 2.05) is 12.1 Å². The van der Waals surface area contributed by atoms with Gasteiger partial charge in [0.25, 0.3) is 0 Å². The number of aromatic nitrogens is 1. The molecule has 1 heterocycles. The lowest BCUT2D eigenvalue weighted by molar-refractivity contribution is 0.620. The first-order valence-corrected chi connectivity index (χ1v) is 5.47. The molecule has 0 aliphatic carbocycles. The number of nitrogens with zero attached hydrogens (tertiary/aromatic N) is 1. The summed E-state index contributed by atoms with van der Waals surface area (Å²) >= 11 is 0. The molecule has 0 amide bonds. The van der Waals surface area contributed by atoms with Crippen molar-refractivity contribution in [3.05, 3.63) is 35.1 Å². The number of nitrogens with two attached hydrogens (primary N) is 1. The molecule has 0 atom stereocenters. The second-order valence-corrected chi connectivity index (χ2v) is 4.08. The molecule has 2 nitrogen and oxygen atoms in total. The Labute approximate surface area is 94.3 Å². The second-order valence-electron chi connectivity index (χ2n) is 4.08. The second kappa shape index (κ2) is 4.08. The molecule has 0 saturated carbocycles. The summed E-state index contributed by atoms with van der Waals surface area (Å²) in [5, 5.41) is 0.955. The predicted molar refractivity (Wildman–Crippen MR) is 64.8 cm³/mol. The van der Waals surface area contributed by atoms with Gasteiger partial charge < -0.3 is 5.73 Å². The molecular weight excluding hydrogens is 203 g/mol. The molecule has 3 heteroatoms. The van der Waals surface area contributed by atoms with Crippen molar-refractivity contribution < 1.29 is 4.39 Å². The Morgan fingerprint density at radius 3 is 2.75 bits per heavy atom. The van der Waals surface area contributed by atoms with E-state index in [0.29, 0.717) is 16.9 Å². The number of hydrogen-bond acceptors (Lipinski definition) is 2. The molecule has 2 aromatic rings. The van der Waals surface area contributed by atoms with Crippen molar-refractivity contribution in [3.63, 3.8) is 0 Å². The van der Waals surface area contributed by atoms with Crippen molar-refractivity contribution in [1.82, 2.24) is 4.98 Å². The first kappa shape index (κ1) is 10.9. The van der Waals surface area contributed by atoms with Gasteiger partial charge in [0, 0.05) is 11.5 Å². The van der Waals surface area contributed by atoms with E-state index in [1.165, 1.54) is 6.07 Å². The zero-order valence-corrected chi connectivity index (χ0v) is 9.55. The average molecular weight is 218 g/mol. The van der Waals surface area contributed by atoms with E-state index >= 15 is 0 Å². The van der Waals surface area contributed by atoms with Crippen LogP contribution in [0.4, 0.5) is 10.2 Å². The lowest BCUT2D eigenvalue weighted by atomic mass is 10.1. The number of anilines is 1. The van der Waals surface area contributed by atoms with E-state index in [4.69, 9.17) is 5.73 Å². The molecule has 2 rings (SSSR count). The van der Waals surface area contributed by atoms with Gasteiger partial charge >= 0.3 is 0 Å². The highest BCUT2D eigenvalue weighted by molar-refractivity contribution is 5.82. The Bertz CT molecular complexity index is 535. The quantitative estimate of drug-likeness (QED) is 0.840. The predicted octanol–water partition coefficient (Wildman–Crippen LogP) is 3.22. The molecule has 2 N–H and O–H groups in total. The minimum Gasteiger partial charge on any atom is -0.383 e. The number of benzene rings is 1. The first-order chi connectivity index (χ1) is 7.61. The van der Waals surface area contributed by atoms with E-state index in [0.717, 1.165) is 23.8 Å². The highest BCUT2D eigenvalue weighted by Gasteiger charge is 2.06. The zero-order valence-electron chi connectivity index (χ0n) is 9.55. The Kier molecular flexibility index (Phi) is 2.77. The number of rotatable bonds is 2. The fourth-order valence-electron chi connectivity index (χ4n) is 1.84. The minimum absolute atomic E-state index is 0.234. The summed E-state index contributed by atoms with van der Waals surface area (Å²) in [6.45, 7) is 3.85. The van der Waals surface area contributed by atoms with Crippen LogP contribution in [0.15, 0.2) is 18.2 Å². The number of fused-ring (bicyclic) bond motifs is 1. The first-order valence-electron chi connectivity index (χ1n) is 5.47. The molecule has 0 aliphatic rings. The van der Waals surface area contributed by atoms with E-state index in [1.54, 1.807) is 6.92 Å². The maximum atomic E-state index is 13.3. The summed E-state index contributed by atoms with van der Waals surface area (Å²) in [6, 6.07) is 5.26. The average Bonchev–Trinajstić information content (AvgIpc) is 2.23. The Morgan fingerprint density at radius 1 is 1.31 bits per heavy atom. The molecule has 0 spiro atoms. The van der Waals surface area contributed by atoms with E-state index in [9.17, 15) is 4.39 Å². The van der Waals surface area contributed by atoms with Crippen LogP contribution >= 0.6 is 0 Å². The van der Waals surface area contributed by atoms with Crippen LogP contribution in [0.1, 0.15) is 24.5 Å². The smallest absolute Gasteiger partial charge is 0.128 e. The van der Waals surface area contributed by atoms with Crippen LogP contribution < -0.4 is 5.73 Å². The summed E-state index contributed by atoms with van der Waals surface area (Å²) in [5.74, 6) is 0.278. The summed E-state index contributed by atoms with van der Waals surface area (Å²) < 4.78 is 13.3. The third kappa shape index (κ3) is 1.85. The maximum absolute atomic E-state index is 13.3. The van der Waals surface area contributed by atoms with Gasteiger partial charge in [-0.05, 0) is 36.6 Å². The number of hydrogen-bond donors (Lipinski definition) is 1. The minimum atomic E-state index is -0.234. The fourth-order valence-corrected chi connectivity index (χ4v) is 1.84. The fraction of sp³-hybridized carbons (Fsp3) is 0.308. The number of nitrogen functional groups attached to an aromatic ring is 1. The van der Waals surface area contributed by atoms with Gasteiger partial charge in [0.05, 0.1) is 5.52 Å². The number of pyridine rings is 1. The van der Waals surface area contributed by atoms with Crippen LogP contribution in [0, 0.1) is 12.7 Å². The zero-order chi connectivity index (χ0) is 11.7. The van der Waals surface area contributed by atoms with Crippen molar-refractivity contribution >= 4 is 16.7 Å². The van der Waals surface area contributed by atoms with Crippen molar-refractivity contribution in [2.45, 2.75) is 26.7 Å². The topological polar surface area (TPSA) is 38.9 Å².